The molecule has 12 heteroatoms. The lowest BCUT2D eigenvalue weighted by Crippen LogP contribution is -2.38. The number of amides is 3. The molecular weight excluding hydrogens is 454 g/mol. The van der Waals surface area contributed by atoms with E-state index in [1.807, 2.05) is 6.92 Å². The largest absolute Gasteiger partial charge is 0.454 e. The summed E-state index contributed by atoms with van der Waals surface area (Å²) in [6, 6.07) is 5.30. The number of aromatic nitrogens is 3. The molecule has 3 heterocycles. The highest BCUT2D eigenvalue weighted by atomic mass is 32.2. The summed E-state index contributed by atoms with van der Waals surface area (Å²) in [5, 5.41) is 9.17. The SMILES string of the molecule is CCCc1n[nH]c(=S)n1CC(=O)NCCN1C(=O)S/C(=C\c2ccc3c(c2)OCO3)C1=O. The monoisotopic (exact) mass is 475 g/mol. The molecule has 0 aliphatic carbocycles. The number of hydrogen-bond acceptors (Lipinski definition) is 8. The number of benzene rings is 1. The zero-order valence-corrected chi connectivity index (χ0v) is 18.9. The maximum atomic E-state index is 12.7. The van der Waals surface area contributed by atoms with Gasteiger partial charge in [0.1, 0.15) is 12.4 Å². The molecule has 32 heavy (non-hydrogen) atoms. The van der Waals surface area contributed by atoms with E-state index in [0.717, 1.165) is 28.6 Å². The van der Waals surface area contributed by atoms with Crippen LogP contribution in [-0.2, 0) is 22.6 Å². The minimum absolute atomic E-state index is 0.0244. The summed E-state index contributed by atoms with van der Waals surface area (Å²) in [5.74, 6) is 1.29. The molecule has 2 N–H and O–H groups in total. The quantitative estimate of drug-likeness (QED) is 0.442. The number of ether oxygens (including phenoxy) is 2. The van der Waals surface area contributed by atoms with Crippen LogP contribution in [0.4, 0.5) is 4.79 Å². The van der Waals surface area contributed by atoms with Gasteiger partial charge in [0.25, 0.3) is 11.1 Å². The lowest BCUT2D eigenvalue weighted by molar-refractivity contribution is -0.124. The molecule has 10 nitrogen and oxygen atoms in total. The molecule has 1 saturated heterocycles. The van der Waals surface area contributed by atoms with Crippen molar-refractivity contribution in [3.05, 3.63) is 39.3 Å². The molecule has 1 fully saturated rings. The van der Waals surface area contributed by atoms with Gasteiger partial charge in [-0.1, -0.05) is 13.0 Å². The standard InChI is InChI=1S/C20H21N5O5S2/c1-2-3-16-22-23-19(31)25(16)10-17(26)21-6-7-24-18(27)15(32-20(24)28)9-12-4-5-13-14(8-12)30-11-29-13/h4-5,8-9H,2-3,6-7,10-11H2,1H3,(H,21,26)(H,23,31)/b15-9-. The van der Waals surface area contributed by atoms with E-state index in [1.165, 1.54) is 0 Å². The van der Waals surface area contributed by atoms with Crippen LogP contribution in [0.1, 0.15) is 24.7 Å². The number of carbonyl (C=O) groups is 3. The van der Waals surface area contributed by atoms with Crippen LogP contribution in [0, 0.1) is 4.77 Å². The molecule has 4 rings (SSSR count). The van der Waals surface area contributed by atoms with Crippen LogP contribution in [0.5, 0.6) is 11.5 Å². The second-order valence-corrected chi connectivity index (χ2v) is 8.46. The summed E-state index contributed by atoms with van der Waals surface area (Å²) in [5.41, 5.74) is 0.729. The van der Waals surface area contributed by atoms with Crippen molar-refractivity contribution in [2.24, 2.45) is 0 Å². The molecule has 3 amide bonds. The fraction of sp³-hybridized carbons (Fsp3) is 0.350. The van der Waals surface area contributed by atoms with E-state index in [2.05, 4.69) is 15.5 Å². The Balaban J connectivity index is 1.33. The van der Waals surface area contributed by atoms with Crippen molar-refractivity contribution in [1.29, 1.82) is 0 Å². The van der Waals surface area contributed by atoms with Crippen molar-refractivity contribution in [3.8, 4) is 11.5 Å². The normalized spacial score (nSPS) is 16.3. The molecule has 0 spiro atoms. The van der Waals surface area contributed by atoms with E-state index in [4.69, 9.17) is 21.7 Å². The first-order chi connectivity index (χ1) is 15.5. The van der Waals surface area contributed by atoms with Crippen LogP contribution in [0.2, 0.25) is 0 Å². The number of hydrogen-bond donors (Lipinski definition) is 2. The molecule has 2 aromatic rings. The van der Waals surface area contributed by atoms with Gasteiger partial charge >= 0.3 is 0 Å². The molecule has 1 aromatic heterocycles. The topological polar surface area (TPSA) is 119 Å². The van der Waals surface area contributed by atoms with Gasteiger partial charge < -0.3 is 14.8 Å². The average Bonchev–Trinajstić information content (AvgIpc) is 3.44. The van der Waals surface area contributed by atoms with E-state index in [9.17, 15) is 14.4 Å². The Bertz CT molecular complexity index is 1160. The van der Waals surface area contributed by atoms with Gasteiger partial charge in [0.05, 0.1) is 4.91 Å². The zero-order chi connectivity index (χ0) is 22.7. The van der Waals surface area contributed by atoms with Gasteiger partial charge in [-0.3, -0.25) is 28.9 Å². The van der Waals surface area contributed by atoms with Crippen molar-refractivity contribution >= 4 is 47.1 Å². The van der Waals surface area contributed by atoms with Gasteiger partial charge in [-0.2, -0.15) is 5.10 Å². The number of carbonyl (C=O) groups excluding carboxylic acids is 3. The molecule has 168 valence electrons. The Hall–Kier alpha value is -3.12. The van der Waals surface area contributed by atoms with Crippen molar-refractivity contribution in [2.45, 2.75) is 26.3 Å². The molecule has 2 aliphatic rings. The molecule has 0 unspecified atom stereocenters. The second kappa shape index (κ2) is 9.57. The fourth-order valence-corrected chi connectivity index (χ4v) is 4.36. The lowest BCUT2D eigenvalue weighted by Gasteiger charge is -2.13. The molecule has 0 saturated carbocycles. The summed E-state index contributed by atoms with van der Waals surface area (Å²) < 4.78 is 12.6. The highest BCUT2D eigenvalue weighted by molar-refractivity contribution is 8.18. The second-order valence-electron chi connectivity index (χ2n) is 7.08. The first-order valence-corrected chi connectivity index (χ1v) is 11.2. The van der Waals surface area contributed by atoms with Gasteiger partial charge in [0.15, 0.2) is 16.3 Å². The average molecular weight is 476 g/mol. The number of nitrogens with zero attached hydrogens (tertiary/aromatic N) is 3. The summed E-state index contributed by atoms with van der Waals surface area (Å²) in [6.07, 6.45) is 3.22. The smallest absolute Gasteiger partial charge is 0.293 e. The summed E-state index contributed by atoms with van der Waals surface area (Å²) in [4.78, 5) is 38.7. The van der Waals surface area contributed by atoms with Gasteiger partial charge in [-0.05, 0) is 54.2 Å². The number of rotatable bonds is 8. The summed E-state index contributed by atoms with van der Waals surface area (Å²) in [6.45, 7) is 2.42. The first kappa shape index (κ1) is 22.1. The number of nitrogens with one attached hydrogen (secondary N) is 2. The van der Waals surface area contributed by atoms with Crippen molar-refractivity contribution in [1.82, 2.24) is 25.0 Å². The molecule has 2 aliphatic heterocycles. The van der Waals surface area contributed by atoms with Crippen LogP contribution in [0.3, 0.4) is 0 Å². The Morgan fingerprint density at radius 3 is 2.97 bits per heavy atom. The third-order valence-electron chi connectivity index (χ3n) is 4.84. The molecular formula is C20H21N5O5S2. The lowest BCUT2D eigenvalue weighted by atomic mass is 10.2. The maximum Gasteiger partial charge on any atom is 0.293 e. The van der Waals surface area contributed by atoms with Crippen LogP contribution < -0.4 is 14.8 Å². The van der Waals surface area contributed by atoms with E-state index in [1.54, 1.807) is 28.8 Å². The Morgan fingerprint density at radius 2 is 2.16 bits per heavy atom. The third-order valence-corrected chi connectivity index (χ3v) is 6.06. The maximum absolute atomic E-state index is 12.7. The number of imide groups is 1. The zero-order valence-electron chi connectivity index (χ0n) is 17.3. The van der Waals surface area contributed by atoms with Gasteiger partial charge in [0, 0.05) is 19.5 Å². The predicted molar refractivity (Wildman–Crippen MR) is 120 cm³/mol. The number of aryl methyl sites for hydroxylation is 1. The van der Waals surface area contributed by atoms with E-state index in [0.29, 0.717) is 33.4 Å². The molecule has 0 atom stereocenters. The first-order valence-electron chi connectivity index (χ1n) is 10.0. The Labute approximate surface area is 192 Å². The van der Waals surface area contributed by atoms with Crippen molar-refractivity contribution < 1.29 is 23.9 Å². The van der Waals surface area contributed by atoms with Crippen LogP contribution >= 0.6 is 24.0 Å². The number of thioether (sulfide) groups is 1. The van der Waals surface area contributed by atoms with Crippen LogP contribution in [-0.4, -0.2) is 56.6 Å². The Kier molecular flexibility index (Phi) is 6.61. The van der Waals surface area contributed by atoms with Gasteiger partial charge in [-0.25, -0.2) is 0 Å². The number of fused-ring (bicyclic) bond motifs is 1. The summed E-state index contributed by atoms with van der Waals surface area (Å²) in [7, 11) is 0. The Morgan fingerprint density at radius 1 is 1.34 bits per heavy atom. The van der Waals surface area contributed by atoms with Gasteiger partial charge in [0.2, 0.25) is 12.7 Å². The highest BCUT2D eigenvalue weighted by Crippen LogP contribution is 2.36. The number of H-pyrrole nitrogens is 1. The van der Waals surface area contributed by atoms with Crippen molar-refractivity contribution in [2.75, 3.05) is 19.9 Å². The van der Waals surface area contributed by atoms with E-state index >= 15 is 0 Å². The molecule has 0 radical (unpaired) electrons. The summed E-state index contributed by atoms with van der Waals surface area (Å²) >= 11 is 6.04. The minimum atomic E-state index is -0.394. The molecule has 0 bridgehead atoms. The molecule has 1 aromatic carbocycles. The van der Waals surface area contributed by atoms with E-state index in [-0.39, 0.29) is 37.6 Å². The van der Waals surface area contributed by atoms with Crippen LogP contribution in [0.15, 0.2) is 23.1 Å². The fourth-order valence-electron chi connectivity index (χ4n) is 3.28. The van der Waals surface area contributed by atoms with Gasteiger partial charge in [-0.15, -0.1) is 0 Å². The van der Waals surface area contributed by atoms with Crippen molar-refractivity contribution in [3.63, 3.8) is 0 Å². The van der Waals surface area contributed by atoms with E-state index < -0.39 is 5.91 Å². The van der Waals surface area contributed by atoms with Crippen LogP contribution in [0.25, 0.3) is 6.08 Å². The number of aromatic amines is 1. The third kappa shape index (κ3) is 4.70. The highest BCUT2D eigenvalue weighted by Gasteiger charge is 2.34. The minimum Gasteiger partial charge on any atom is -0.454 e. The predicted octanol–water partition coefficient (Wildman–Crippen LogP) is 2.47.